The Balaban J connectivity index is 1.50. The number of amides is 1. The number of benzene rings is 2. The van der Waals surface area contributed by atoms with Crippen LogP contribution in [0.5, 0.6) is 5.75 Å². The molecular weight excluding hydrogens is 411 g/mol. The smallest absolute Gasteiger partial charge is 0.235 e. The van der Waals surface area contributed by atoms with E-state index in [1.54, 1.807) is 25.3 Å². The van der Waals surface area contributed by atoms with E-state index in [-0.39, 0.29) is 17.5 Å². The fraction of sp³-hybridized carbons (Fsp3) is 0.150. The van der Waals surface area contributed by atoms with Crippen molar-refractivity contribution in [2.45, 2.75) is 11.8 Å². The van der Waals surface area contributed by atoms with Gasteiger partial charge < -0.3 is 10.1 Å². The van der Waals surface area contributed by atoms with E-state index in [1.165, 1.54) is 33.8 Å². The fourth-order valence-electron chi connectivity index (χ4n) is 2.73. The largest absolute Gasteiger partial charge is 0.497 e. The zero-order valence-electron chi connectivity index (χ0n) is 15.7. The number of fused-ring (bicyclic) bond motifs is 1. The van der Waals surface area contributed by atoms with Gasteiger partial charge in [0.1, 0.15) is 22.9 Å². The van der Waals surface area contributed by atoms with Crippen molar-refractivity contribution in [3.8, 4) is 10.9 Å². The van der Waals surface area contributed by atoms with E-state index in [0.717, 1.165) is 21.0 Å². The van der Waals surface area contributed by atoms with Crippen LogP contribution in [-0.4, -0.2) is 33.5 Å². The van der Waals surface area contributed by atoms with E-state index >= 15 is 0 Å². The molecule has 0 atom stereocenters. The second kappa shape index (κ2) is 8.22. The molecule has 1 N–H and O–H groups in total. The van der Waals surface area contributed by atoms with Gasteiger partial charge in [-0.05, 0) is 43.3 Å². The predicted molar refractivity (Wildman–Crippen MR) is 114 cm³/mol. The second-order valence-electron chi connectivity index (χ2n) is 6.18. The maximum absolute atomic E-state index is 14.0. The third-order valence-electron chi connectivity index (χ3n) is 4.07. The number of anilines is 1. The Labute approximate surface area is 174 Å². The molecule has 148 valence electrons. The number of hydrogen-bond acceptors (Lipinski definition) is 6. The minimum absolute atomic E-state index is 0.167. The molecule has 0 fully saturated rings. The van der Waals surface area contributed by atoms with E-state index < -0.39 is 0 Å². The summed E-state index contributed by atoms with van der Waals surface area (Å²) in [4.78, 5) is 17.8. The summed E-state index contributed by atoms with van der Waals surface area (Å²) < 4.78 is 21.4. The van der Waals surface area contributed by atoms with Crippen molar-refractivity contribution in [1.29, 1.82) is 0 Å². The Morgan fingerprint density at radius 1 is 1.28 bits per heavy atom. The molecule has 0 aliphatic heterocycles. The van der Waals surface area contributed by atoms with Crippen LogP contribution in [0.25, 0.3) is 15.3 Å². The molecule has 0 unspecified atom stereocenters. The molecule has 0 saturated carbocycles. The Morgan fingerprint density at radius 3 is 2.79 bits per heavy atom. The molecule has 29 heavy (non-hydrogen) atoms. The lowest BCUT2D eigenvalue weighted by Crippen LogP contribution is -2.16. The van der Waals surface area contributed by atoms with Crippen LogP contribution in [0, 0.1) is 12.7 Å². The molecular formula is C20H17FN4O2S2. The third kappa shape index (κ3) is 4.25. The zero-order valence-corrected chi connectivity index (χ0v) is 17.3. The van der Waals surface area contributed by atoms with Crippen LogP contribution in [-0.2, 0) is 4.79 Å². The number of halogens is 1. The molecule has 0 spiro atoms. The number of carbonyl (C=O) groups is 1. The number of aryl methyl sites for hydroxylation is 1. The average Bonchev–Trinajstić information content (AvgIpc) is 3.31. The summed E-state index contributed by atoms with van der Waals surface area (Å²) in [5, 5.41) is 7.77. The van der Waals surface area contributed by atoms with Crippen molar-refractivity contribution in [2.75, 3.05) is 18.2 Å². The van der Waals surface area contributed by atoms with E-state index in [4.69, 9.17) is 4.74 Å². The number of nitrogens with zero attached hydrogens (tertiary/aromatic N) is 3. The van der Waals surface area contributed by atoms with Crippen LogP contribution in [0.4, 0.5) is 10.2 Å². The lowest BCUT2D eigenvalue weighted by atomic mass is 10.3. The maximum atomic E-state index is 14.0. The van der Waals surface area contributed by atoms with Gasteiger partial charge in [0, 0.05) is 11.0 Å². The Kier molecular flexibility index (Phi) is 5.50. The molecule has 4 rings (SSSR count). The van der Waals surface area contributed by atoms with Crippen LogP contribution in [0.2, 0.25) is 0 Å². The fourth-order valence-corrected chi connectivity index (χ4v) is 4.37. The van der Waals surface area contributed by atoms with Crippen molar-refractivity contribution < 1.29 is 13.9 Å². The van der Waals surface area contributed by atoms with Crippen LogP contribution in [0.1, 0.15) is 5.69 Å². The van der Waals surface area contributed by atoms with Crippen molar-refractivity contribution >= 4 is 45.0 Å². The number of hydrogen-bond donors (Lipinski definition) is 1. The number of carbonyl (C=O) groups excluding carboxylic acids is 1. The van der Waals surface area contributed by atoms with Crippen molar-refractivity contribution in [1.82, 2.24) is 14.8 Å². The minimum Gasteiger partial charge on any atom is -0.497 e. The third-order valence-corrected chi connectivity index (χ3v) is 6.08. The highest BCUT2D eigenvalue weighted by atomic mass is 32.2. The van der Waals surface area contributed by atoms with Gasteiger partial charge in [0.15, 0.2) is 0 Å². The molecule has 0 bridgehead atoms. The van der Waals surface area contributed by atoms with Gasteiger partial charge in [0.2, 0.25) is 11.0 Å². The molecule has 0 aliphatic carbocycles. The van der Waals surface area contributed by atoms with Crippen LogP contribution in [0.15, 0.2) is 53.4 Å². The van der Waals surface area contributed by atoms with E-state index in [9.17, 15) is 9.18 Å². The topological polar surface area (TPSA) is 69.0 Å². The number of thioether (sulfide) groups is 1. The van der Waals surface area contributed by atoms with Gasteiger partial charge in [0.25, 0.3) is 0 Å². The summed E-state index contributed by atoms with van der Waals surface area (Å²) in [5.41, 5.74) is 1.02. The standard InChI is InChI=1S/C20H17FN4O2S2/c1-12-10-17(22-18(26)11-28-14-8-6-13(27-2)7-9-14)25(24-12)20-23-19-15(21)4-3-5-16(19)29-20/h3-10H,11H2,1-2H3,(H,22,26). The Morgan fingerprint density at radius 2 is 2.07 bits per heavy atom. The molecule has 2 aromatic carbocycles. The highest BCUT2D eigenvalue weighted by molar-refractivity contribution is 8.00. The second-order valence-corrected chi connectivity index (χ2v) is 8.24. The highest BCUT2D eigenvalue weighted by Crippen LogP contribution is 2.29. The number of nitrogens with one attached hydrogen (secondary N) is 1. The first kappa shape index (κ1) is 19.4. The number of thiazole rings is 1. The average molecular weight is 429 g/mol. The first-order valence-electron chi connectivity index (χ1n) is 8.72. The van der Waals surface area contributed by atoms with E-state index in [1.807, 2.05) is 31.2 Å². The Bertz CT molecular complexity index is 1170. The molecule has 6 nitrogen and oxygen atoms in total. The van der Waals surface area contributed by atoms with Crippen LogP contribution >= 0.6 is 23.1 Å². The van der Waals surface area contributed by atoms with E-state index in [2.05, 4.69) is 15.4 Å². The molecule has 9 heteroatoms. The van der Waals surface area contributed by atoms with E-state index in [0.29, 0.717) is 16.5 Å². The molecule has 0 radical (unpaired) electrons. The van der Waals surface area contributed by atoms with Crippen LogP contribution < -0.4 is 10.1 Å². The quantitative estimate of drug-likeness (QED) is 0.452. The molecule has 2 heterocycles. The van der Waals surface area contributed by atoms with Gasteiger partial charge in [-0.1, -0.05) is 17.4 Å². The number of methoxy groups -OCH3 is 1. The highest BCUT2D eigenvalue weighted by Gasteiger charge is 2.16. The summed E-state index contributed by atoms with van der Waals surface area (Å²) in [7, 11) is 1.61. The first-order chi connectivity index (χ1) is 14.0. The summed E-state index contributed by atoms with van der Waals surface area (Å²) in [5.74, 6) is 0.966. The zero-order chi connectivity index (χ0) is 20.4. The maximum Gasteiger partial charge on any atom is 0.235 e. The molecule has 2 aromatic heterocycles. The summed E-state index contributed by atoms with van der Waals surface area (Å²) in [6.45, 7) is 1.83. The molecule has 0 saturated heterocycles. The molecule has 0 aliphatic rings. The number of aromatic nitrogens is 3. The number of para-hydroxylation sites is 1. The number of ether oxygens (including phenoxy) is 1. The van der Waals surface area contributed by atoms with Gasteiger partial charge in [-0.15, -0.1) is 11.8 Å². The predicted octanol–water partition coefficient (Wildman–Crippen LogP) is 4.67. The lowest BCUT2D eigenvalue weighted by molar-refractivity contribution is -0.113. The van der Waals surface area contributed by atoms with Gasteiger partial charge in [0.05, 0.1) is 23.3 Å². The van der Waals surface area contributed by atoms with Gasteiger partial charge >= 0.3 is 0 Å². The summed E-state index contributed by atoms with van der Waals surface area (Å²) in [6, 6.07) is 14.1. The molecule has 1 amide bonds. The molecule has 4 aromatic rings. The summed E-state index contributed by atoms with van der Waals surface area (Å²) >= 11 is 2.74. The lowest BCUT2D eigenvalue weighted by Gasteiger charge is -2.07. The van der Waals surface area contributed by atoms with Crippen LogP contribution in [0.3, 0.4) is 0 Å². The monoisotopic (exact) mass is 428 g/mol. The van der Waals surface area contributed by atoms with Crippen molar-refractivity contribution in [3.63, 3.8) is 0 Å². The van der Waals surface area contributed by atoms with Gasteiger partial charge in [-0.2, -0.15) is 9.78 Å². The van der Waals surface area contributed by atoms with Gasteiger partial charge in [-0.3, -0.25) is 4.79 Å². The first-order valence-corrected chi connectivity index (χ1v) is 10.5. The SMILES string of the molecule is COc1ccc(SCC(=O)Nc2cc(C)nn2-c2nc3c(F)cccc3s2)cc1. The Hall–Kier alpha value is -2.91. The normalized spacial score (nSPS) is 11.0. The summed E-state index contributed by atoms with van der Waals surface area (Å²) in [6.07, 6.45) is 0. The number of rotatable bonds is 6. The van der Waals surface area contributed by atoms with Gasteiger partial charge in [-0.25, -0.2) is 9.37 Å². The van der Waals surface area contributed by atoms with Crippen molar-refractivity contribution in [2.24, 2.45) is 0 Å². The minimum atomic E-state index is -0.379. The van der Waals surface area contributed by atoms with Crippen molar-refractivity contribution in [3.05, 3.63) is 60.0 Å².